The minimum Gasteiger partial charge on any atom is -0.457 e. The van der Waals surface area contributed by atoms with Gasteiger partial charge in [-0.3, -0.25) is 4.79 Å². The summed E-state index contributed by atoms with van der Waals surface area (Å²) >= 11 is 1.60. The smallest absolute Gasteiger partial charge is 0.240 e. The standard InChI is InChI=1S/C18H19N3O2S.ClH/c19-18(9-3-4-10-18)17(22)20-11-12-7-8-14(23-12)16-21-13-5-1-2-6-15(13)24-16;/h1-2,5-8H,3-4,9-11,19H2,(H,20,22);1H. The average Bonchev–Trinajstić information content (AvgIpc) is 3.31. The highest BCUT2D eigenvalue weighted by Gasteiger charge is 2.36. The molecule has 7 heteroatoms. The van der Waals surface area contributed by atoms with Gasteiger partial charge in [-0.1, -0.05) is 25.0 Å². The van der Waals surface area contributed by atoms with E-state index in [0.717, 1.165) is 46.7 Å². The Morgan fingerprint density at radius 3 is 2.76 bits per heavy atom. The Balaban J connectivity index is 0.00000182. The zero-order valence-corrected chi connectivity index (χ0v) is 15.3. The van der Waals surface area contributed by atoms with Gasteiger partial charge >= 0.3 is 0 Å². The number of fused-ring (bicyclic) bond motifs is 1. The van der Waals surface area contributed by atoms with Gasteiger partial charge in [-0.25, -0.2) is 4.98 Å². The lowest BCUT2D eigenvalue weighted by Gasteiger charge is -2.21. The largest absolute Gasteiger partial charge is 0.457 e. The molecule has 4 rings (SSSR count). The normalized spacial score (nSPS) is 15.9. The van der Waals surface area contributed by atoms with Crippen molar-refractivity contribution < 1.29 is 9.21 Å². The van der Waals surface area contributed by atoms with E-state index in [0.29, 0.717) is 12.3 Å². The molecule has 2 heterocycles. The Hall–Kier alpha value is -1.89. The molecule has 0 atom stereocenters. The van der Waals surface area contributed by atoms with Gasteiger partial charge in [0.25, 0.3) is 0 Å². The topological polar surface area (TPSA) is 81.2 Å². The first kappa shape index (κ1) is 17.9. The number of hydrogen-bond donors (Lipinski definition) is 2. The van der Waals surface area contributed by atoms with Gasteiger partial charge in [-0.15, -0.1) is 23.7 Å². The van der Waals surface area contributed by atoms with Crippen LogP contribution in [0.25, 0.3) is 21.0 Å². The van der Waals surface area contributed by atoms with E-state index in [-0.39, 0.29) is 18.3 Å². The molecular weight excluding hydrogens is 358 g/mol. The summed E-state index contributed by atoms with van der Waals surface area (Å²) in [6.45, 7) is 0.350. The van der Waals surface area contributed by atoms with Crippen LogP contribution in [0.3, 0.4) is 0 Å². The average molecular weight is 378 g/mol. The van der Waals surface area contributed by atoms with Crippen LogP contribution in [-0.2, 0) is 11.3 Å². The second-order valence-corrected chi connectivity index (χ2v) is 7.33. The number of carbonyl (C=O) groups is 1. The number of carbonyl (C=O) groups excluding carboxylic acids is 1. The van der Waals surface area contributed by atoms with Crippen LogP contribution in [0.2, 0.25) is 0 Å². The van der Waals surface area contributed by atoms with Crippen molar-refractivity contribution >= 4 is 39.9 Å². The predicted molar refractivity (Wildman–Crippen MR) is 102 cm³/mol. The Bertz CT molecular complexity index is 850. The minimum absolute atomic E-state index is 0. The Morgan fingerprint density at radius 2 is 2.00 bits per heavy atom. The predicted octanol–water partition coefficient (Wildman–Crippen LogP) is 3.87. The number of thiazole rings is 1. The van der Waals surface area contributed by atoms with Gasteiger partial charge < -0.3 is 15.5 Å². The van der Waals surface area contributed by atoms with Gasteiger partial charge in [-0.05, 0) is 37.1 Å². The van der Waals surface area contributed by atoms with E-state index < -0.39 is 5.54 Å². The van der Waals surface area contributed by atoms with Crippen LogP contribution in [0.5, 0.6) is 0 Å². The summed E-state index contributed by atoms with van der Waals surface area (Å²) in [6, 6.07) is 11.8. The number of nitrogens with one attached hydrogen (secondary N) is 1. The first-order chi connectivity index (χ1) is 11.6. The van der Waals surface area contributed by atoms with E-state index in [1.807, 2.05) is 36.4 Å². The van der Waals surface area contributed by atoms with E-state index in [2.05, 4.69) is 10.3 Å². The van der Waals surface area contributed by atoms with E-state index >= 15 is 0 Å². The van der Waals surface area contributed by atoms with E-state index in [1.54, 1.807) is 11.3 Å². The summed E-state index contributed by atoms with van der Waals surface area (Å²) in [7, 11) is 0. The molecule has 0 spiro atoms. The first-order valence-corrected chi connectivity index (χ1v) is 8.98. The van der Waals surface area contributed by atoms with Gasteiger partial charge in [0.1, 0.15) is 5.76 Å². The van der Waals surface area contributed by atoms with Crippen molar-refractivity contribution in [2.45, 2.75) is 37.8 Å². The third-order valence-corrected chi connectivity index (χ3v) is 5.59. The molecule has 1 fully saturated rings. The number of rotatable bonds is 4. The summed E-state index contributed by atoms with van der Waals surface area (Å²) in [5, 5.41) is 3.75. The van der Waals surface area contributed by atoms with Crippen molar-refractivity contribution in [1.82, 2.24) is 10.3 Å². The van der Waals surface area contributed by atoms with Gasteiger partial charge in [0.15, 0.2) is 10.8 Å². The lowest BCUT2D eigenvalue weighted by Crippen LogP contribution is -2.51. The van der Waals surface area contributed by atoms with Crippen molar-refractivity contribution in [3.05, 3.63) is 42.2 Å². The summed E-state index contributed by atoms with van der Waals surface area (Å²) < 4.78 is 6.97. The number of nitrogens with two attached hydrogens (primary N) is 1. The fourth-order valence-electron chi connectivity index (χ4n) is 3.14. The number of nitrogens with zero attached hydrogens (tertiary/aromatic N) is 1. The highest BCUT2D eigenvalue weighted by atomic mass is 35.5. The van der Waals surface area contributed by atoms with Crippen molar-refractivity contribution in [3.8, 4) is 10.8 Å². The molecule has 0 bridgehead atoms. The molecule has 1 aromatic carbocycles. The number of halogens is 1. The quantitative estimate of drug-likeness (QED) is 0.723. The van der Waals surface area contributed by atoms with Gasteiger partial charge in [0.05, 0.1) is 22.3 Å². The van der Waals surface area contributed by atoms with E-state index in [4.69, 9.17) is 10.2 Å². The number of para-hydroxylation sites is 1. The SMILES string of the molecule is Cl.NC1(C(=O)NCc2ccc(-c3nc4ccccc4s3)o2)CCCC1. The number of aromatic nitrogens is 1. The molecule has 1 saturated carbocycles. The molecule has 1 amide bonds. The Labute approximate surface area is 156 Å². The molecule has 0 saturated heterocycles. The molecule has 25 heavy (non-hydrogen) atoms. The van der Waals surface area contributed by atoms with Crippen LogP contribution in [0, 0.1) is 0 Å². The summed E-state index contributed by atoms with van der Waals surface area (Å²) in [5.74, 6) is 1.35. The third kappa shape index (κ3) is 3.56. The lowest BCUT2D eigenvalue weighted by atomic mass is 9.98. The summed E-state index contributed by atoms with van der Waals surface area (Å²) in [5.41, 5.74) is 6.42. The minimum atomic E-state index is -0.706. The molecule has 0 unspecified atom stereocenters. The number of furan rings is 1. The second-order valence-electron chi connectivity index (χ2n) is 6.30. The zero-order chi connectivity index (χ0) is 16.6. The summed E-state index contributed by atoms with van der Waals surface area (Å²) in [6.07, 6.45) is 3.56. The fraction of sp³-hybridized carbons (Fsp3) is 0.333. The van der Waals surface area contributed by atoms with Crippen molar-refractivity contribution in [2.24, 2.45) is 5.73 Å². The molecule has 2 aromatic heterocycles. The fourth-order valence-corrected chi connectivity index (χ4v) is 4.07. The molecule has 5 nitrogen and oxygen atoms in total. The molecule has 3 N–H and O–H groups in total. The van der Waals surface area contributed by atoms with Crippen molar-refractivity contribution in [2.75, 3.05) is 0 Å². The maximum Gasteiger partial charge on any atom is 0.240 e. The Morgan fingerprint density at radius 1 is 1.24 bits per heavy atom. The molecule has 3 aromatic rings. The number of hydrogen-bond acceptors (Lipinski definition) is 5. The van der Waals surface area contributed by atoms with E-state index in [9.17, 15) is 4.79 Å². The molecule has 0 aliphatic heterocycles. The number of amides is 1. The van der Waals surface area contributed by atoms with Gasteiger partial charge in [0, 0.05) is 0 Å². The molecule has 1 aliphatic rings. The van der Waals surface area contributed by atoms with E-state index in [1.165, 1.54) is 0 Å². The zero-order valence-electron chi connectivity index (χ0n) is 13.7. The second kappa shape index (κ2) is 7.15. The summed E-state index contributed by atoms with van der Waals surface area (Å²) in [4.78, 5) is 16.8. The first-order valence-electron chi connectivity index (χ1n) is 8.16. The van der Waals surface area contributed by atoms with Crippen LogP contribution in [0.15, 0.2) is 40.8 Å². The molecular formula is C18H20ClN3O2S. The van der Waals surface area contributed by atoms with Crippen molar-refractivity contribution in [3.63, 3.8) is 0 Å². The van der Waals surface area contributed by atoms with Crippen molar-refractivity contribution in [1.29, 1.82) is 0 Å². The Kier molecular flexibility index (Phi) is 5.13. The van der Waals surface area contributed by atoms with Gasteiger partial charge in [-0.2, -0.15) is 0 Å². The molecule has 0 radical (unpaired) electrons. The van der Waals surface area contributed by atoms with Crippen LogP contribution in [0.1, 0.15) is 31.4 Å². The van der Waals surface area contributed by atoms with Gasteiger partial charge in [0.2, 0.25) is 5.91 Å². The highest BCUT2D eigenvalue weighted by molar-refractivity contribution is 7.21. The lowest BCUT2D eigenvalue weighted by molar-refractivity contribution is -0.126. The molecule has 1 aliphatic carbocycles. The van der Waals surface area contributed by atoms with Crippen LogP contribution >= 0.6 is 23.7 Å². The third-order valence-electron chi connectivity index (χ3n) is 4.54. The maximum absolute atomic E-state index is 12.2. The maximum atomic E-state index is 12.2. The molecule has 132 valence electrons. The van der Waals surface area contributed by atoms with Crippen LogP contribution < -0.4 is 11.1 Å². The van der Waals surface area contributed by atoms with Crippen LogP contribution in [0.4, 0.5) is 0 Å². The monoisotopic (exact) mass is 377 g/mol. The highest BCUT2D eigenvalue weighted by Crippen LogP contribution is 2.31. The number of benzene rings is 1. The van der Waals surface area contributed by atoms with Crippen LogP contribution in [-0.4, -0.2) is 16.4 Å².